The first-order valence-corrected chi connectivity index (χ1v) is 11.6. The van der Waals surface area contributed by atoms with Crippen molar-refractivity contribution in [1.29, 1.82) is 0 Å². The van der Waals surface area contributed by atoms with Crippen LogP contribution in [0, 0.1) is 20.8 Å². The molecular weight excluding hydrogens is 396 g/mol. The molecule has 0 atom stereocenters. The number of piperidine rings is 1. The second-order valence-corrected chi connectivity index (χ2v) is 9.27. The Labute approximate surface area is 190 Å². The summed E-state index contributed by atoms with van der Waals surface area (Å²) in [5.41, 5.74) is 8.22. The van der Waals surface area contributed by atoms with Crippen LogP contribution in [0.2, 0.25) is 0 Å². The van der Waals surface area contributed by atoms with Gasteiger partial charge in [0.2, 0.25) is 0 Å². The van der Waals surface area contributed by atoms with E-state index in [1.165, 1.54) is 22.6 Å². The Morgan fingerprint density at radius 1 is 0.969 bits per heavy atom. The third-order valence-corrected chi connectivity index (χ3v) is 7.25. The van der Waals surface area contributed by atoms with Gasteiger partial charge in [0.1, 0.15) is 0 Å². The van der Waals surface area contributed by atoms with E-state index in [4.69, 9.17) is 0 Å². The van der Waals surface area contributed by atoms with Crippen molar-refractivity contribution in [1.82, 2.24) is 9.47 Å². The van der Waals surface area contributed by atoms with Crippen molar-refractivity contribution >= 4 is 17.4 Å². The van der Waals surface area contributed by atoms with Gasteiger partial charge in [0.05, 0.1) is 16.9 Å². The molecule has 5 rings (SSSR count). The molecule has 3 aromatic rings. The van der Waals surface area contributed by atoms with Crippen LogP contribution in [0.4, 0.5) is 16.2 Å². The second-order valence-electron chi connectivity index (χ2n) is 9.27. The van der Waals surface area contributed by atoms with E-state index in [1.54, 1.807) is 0 Å². The van der Waals surface area contributed by atoms with Gasteiger partial charge in [-0.2, -0.15) is 0 Å². The standard InChI is InChI=1S/C27H32N4O/c1-5-31-24-18-20(3)9-11-23(24)30-14-6-7-25(30)27(31)12-15-29(16-13-27)26(32)28-22-17-19(2)8-10-21(22)4/h6-11,14,17-18H,5,12-13,15-16H2,1-4H3,(H,28,32). The molecule has 1 fully saturated rings. The molecule has 1 N–H and O–H groups in total. The molecule has 32 heavy (non-hydrogen) atoms. The topological polar surface area (TPSA) is 40.5 Å². The first kappa shape index (κ1) is 20.7. The molecular formula is C27H32N4O. The molecule has 1 aromatic heterocycles. The second kappa shape index (κ2) is 7.73. The highest BCUT2D eigenvalue weighted by molar-refractivity contribution is 5.90. The summed E-state index contributed by atoms with van der Waals surface area (Å²) < 4.78 is 2.35. The Morgan fingerprint density at radius 3 is 2.44 bits per heavy atom. The fraction of sp³-hybridized carbons (Fsp3) is 0.370. The van der Waals surface area contributed by atoms with Crippen LogP contribution in [0.25, 0.3) is 5.69 Å². The summed E-state index contributed by atoms with van der Waals surface area (Å²) in [6.07, 6.45) is 4.01. The number of amides is 2. The molecule has 1 spiro atoms. The lowest BCUT2D eigenvalue weighted by atomic mass is 9.80. The van der Waals surface area contributed by atoms with Crippen molar-refractivity contribution in [3.05, 3.63) is 77.1 Å². The number of hydrogen-bond acceptors (Lipinski definition) is 2. The van der Waals surface area contributed by atoms with Gasteiger partial charge in [0.15, 0.2) is 0 Å². The van der Waals surface area contributed by atoms with E-state index in [-0.39, 0.29) is 11.6 Å². The van der Waals surface area contributed by atoms with E-state index in [0.29, 0.717) is 0 Å². The lowest BCUT2D eigenvalue weighted by molar-refractivity contribution is 0.160. The van der Waals surface area contributed by atoms with Crippen molar-refractivity contribution in [3.63, 3.8) is 0 Å². The number of aryl methyl sites for hydroxylation is 3. The highest BCUT2D eigenvalue weighted by Crippen LogP contribution is 2.48. The Balaban J connectivity index is 1.42. The Kier molecular flexibility index (Phi) is 5.00. The molecule has 2 amide bonds. The monoisotopic (exact) mass is 428 g/mol. The number of fused-ring (bicyclic) bond motifs is 4. The first-order chi connectivity index (χ1) is 15.4. The molecule has 0 radical (unpaired) electrons. The zero-order valence-electron chi connectivity index (χ0n) is 19.5. The van der Waals surface area contributed by atoms with Crippen LogP contribution < -0.4 is 10.2 Å². The summed E-state index contributed by atoms with van der Waals surface area (Å²) in [4.78, 5) is 17.6. The van der Waals surface area contributed by atoms with E-state index >= 15 is 0 Å². The molecule has 0 saturated carbocycles. The number of likely N-dealkylation sites (tertiary alicyclic amines) is 1. The number of hydrogen-bond donors (Lipinski definition) is 1. The Morgan fingerprint density at radius 2 is 1.69 bits per heavy atom. The van der Waals surface area contributed by atoms with Crippen LogP contribution in [-0.4, -0.2) is 35.1 Å². The Hall–Kier alpha value is -3.21. The van der Waals surface area contributed by atoms with E-state index in [1.807, 2.05) is 17.9 Å². The minimum Gasteiger partial charge on any atom is -0.359 e. The predicted octanol–water partition coefficient (Wildman–Crippen LogP) is 5.77. The summed E-state index contributed by atoms with van der Waals surface area (Å²) in [5.74, 6) is 0. The smallest absolute Gasteiger partial charge is 0.321 e. The average Bonchev–Trinajstić information content (AvgIpc) is 3.28. The lowest BCUT2D eigenvalue weighted by Crippen LogP contribution is -2.57. The van der Waals surface area contributed by atoms with E-state index in [2.05, 4.69) is 84.2 Å². The fourth-order valence-corrected chi connectivity index (χ4v) is 5.54. The summed E-state index contributed by atoms with van der Waals surface area (Å²) >= 11 is 0. The zero-order valence-corrected chi connectivity index (χ0v) is 19.5. The van der Waals surface area contributed by atoms with Crippen molar-refractivity contribution in [2.45, 2.75) is 46.1 Å². The molecule has 0 aliphatic carbocycles. The van der Waals surface area contributed by atoms with Gasteiger partial charge in [0.25, 0.3) is 0 Å². The van der Waals surface area contributed by atoms with Crippen LogP contribution in [-0.2, 0) is 5.54 Å². The van der Waals surface area contributed by atoms with Crippen molar-refractivity contribution in [3.8, 4) is 5.69 Å². The molecule has 1 saturated heterocycles. The molecule has 0 bridgehead atoms. The van der Waals surface area contributed by atoms with Crippen molar-refractivity contribution in [2.75, 3.05) is 29.9 Å². The number of nitrogens with one attached hydrogen (secondary N) is 1. The average molecular weight is 429 g/mol. The predicted molar refractivity (Wildman–Crippen MR) is 131 cm³/mol. The number of rotatable bonds is 2. The van der Waals surface area contributed by atoms with Crippen LogP contribution in [0.3, 0.4) is 0 Å². The first-order valence-electron chi connectivity index (χ1n) is 11.6. The van der Waals surface area contributed by atoms with Crippen molar-refractivity contribution < 1.29 is 4.79 Å². The summed E-state index contributed by atoms with van der Waals surface area (Å²) in [6.45, 7) is 10.9. The van der Waals surface area contributed by atoms with Gasteiger partial charge >= 0.3 is 6.03 Å². The molecule has 5 nitrogen and oxygen atoms in total. The van der Waals surface area contributed by atoms with Gasteiger partial charge in [-0.05, 0) is 87.6 Å². The summed E-state index contributed by atoms with van der Waals surface area (Å²) in [7, 11) is 0. The zero-order chi connectivity index (χ0) is 22.5. The number of nitrogens with zero attached hydrogens (tertiary/aromatic N) is 3. The molecule has 5 heteroatoms. The number of carbonyl (C=O) groups excluding carboxylic acids is 1. The molecule has 2 aliphatic rings. The summed E-state index contributed by atoms with van der Waals surface area (Å²) in [6, 6.07) is 17.3. The lowest BCUT2D eigenvalue weighted by Gasteiger charge is -2.53. The third-order valence-electron chi connectivity index (χ3n) is 7.25. The van der Waals surface area contributed by atoms with Crippen molar-refractivity contribution in [2.24, 2.45) is 0 Å². The third kappa shape index (κ3) is 3.19. The van der Waals surface area contributed by atoms with Crippen LogP contribution in [0.1, 0.15) is 42.1 Å². The minimum absolute atomic E-state index is 0.000893. The number of anilines is 2. The highest BCUT2D eigenvalue weighted by atomic mass is 16.2. The Bertz CT molecular complexity index is 1170. The van der Waals surface area contributed by atoms with Gasteiger partial charge in [0, 0.05) is 37.2 Å². The van der Waals surface area contributed by atoms with Gasteiger partial charge in [-0.3, -0.25) is 0 Å². The van der Waals surface area contributed by atoms with E-state index < -0.39 is 0 Å². The molecule has 2 aromatic carbocycles. The largest absolute Gasteiger partial charge is 0.359 e. The van der Waals surface area contributed by atoms with Crippen LogP contribution >= 0.6 is 0 Å². The van der Waals surface area contributed by atoms with Gasteiger partial charge in [-0.25, -0.2) is 4.79 Å². The number of benzene rings is 2. The van der Waals surface area contributed by atoms with E-state index in [9.17, 15) is 4.79 Å². The number of aromatic nitrogens is 1. The van der Waals surface area contributed by atoms with Gasteiger partial charge in [-0.1, -0.05) is 18.2 Å². The fourth-order valence-electron chi connectivity index (χ4n) is 5.54. The summed E-state index contributed by atoms with van der Waals surface area (Å²) in [5, 5.41) is 3.14. The maximum absolute atomic E-state index is 13.1. The molecule has 3 heterocycles. The van der Waals surface area contributed by atoms with Crippen LogP contribution in [0.15, 0.2) is 54.7 Å². The quantitative estimate of drug-likeness (QED) is 0.563. The maximum Gasteiger partial charge on any atom is 0.321 e. The van der Waals surface area contributed by atoms with E-state index in [0.717, 1.165) is 49.3 Å². The van der Waals surface area contributed by atoms with Gasteiger partial charge in [-0.15, -0.1) is 0 Å². The highest BCUT2D eigenvalue weighted by Gasteiger charge is 2.46. The molecule has 2 aliphatic heterocycles. The minimum atomic E-state index is -0.0882. The molecule has 0 unspecified atom stereocenters. The number of urea groups is 1. The molecule has 166 valence electrons. The van der Waals surface area contributed by atoms with Gasteiger partial charge < -0.3 is 19.7 Å². The SMILES string of the molecule is CCN1c2cc(C)ccc2-n2cccc2C12CCN(C(=O)Nc1cc(C)ccc1C)CC2. The number of carbonyl (C=O) groups is 1. The normalized spacial score (nSPS) is 16.6. The van der Waals surface area contributed by atoms with Crippen LogP contribution in [0.5, 0.6) is 0 Å². The maximum atomic E-state index is 13.1.